The highest BCUT2D eigenvalue weighted by Crippen LogP contribution is 2.12. The molecule has 7 heteroatoms. The Kier molecular flexibility index (Phi) is 7.56. The average Bonchev–Trinajstić information content (AvgIpc) is 2.94. The molecule has 2 N–H and O–H groups in total. The summed E-state index contributed by atoms with van der Waals surface area (Å²) in [5.41, 5.74) is -0.309. The summed E-state index contributed by atoms with van der Waals surface area (Å²) in [6.45, 7) is 2.78. The quantitative estimate of drug-likeness (QED) is 0.472. The minimum atomic E-state index is -0.478. The van der Waals surface area contributed by atoms with E-state index in [2.05, 4.69) is 21.9 Å². The van der Waals surface area contributed by atoms with Gasteiger partial charge in [-0.2, -0.15) is 4.98 Å². The number of aromatic nitrogens is 4. The van der Waals surface area contributed by atoms with E-state index in [4.69, 9.17) is 11.6 Å². The van der Waals surface area contributed by atoms with E-state index in [0.29, 0.717) is 12.2 Å². The Morgan fingerprint density at radius 3 is 2.12 bits per heavy atom. The lowest BCUT2D eigenvalue weighted by molar-refractivity contribution is 0.531. The molecule has 0 radical (unpaired) electrons. The Hall–Kier alpha value is -1.56. The number of aryl methyl sites for hydroxylation is 1. The summed E-state index contributed by atoms with van der Waals surface area (Å²) >= 11 is 5.81. The standard InChI is InChI=1S/C17H27ClN4O2/c1-2-3-4-5-6-7-8-9-10-11-12-22-14-13(19-16(18)20-14)15(23)21-17(22)24/h2-12H2,1H3,(H,19,20)(H,21,23,24). The topological polar surface area (TPSA) is 83.5 Å². The van der Waals surface area contributed by atoms with E-state index < -0.39 is 11.2 Å². The maximum absolute atomic E-state index is 12.0. The predicted molar refractivity (Wildman–Crippen MR) is 97.8 cm³/mol. The molecular formula is C17H27ClN4O2. The van der Waals surface area contributed by atoms with Gasteiger partial charge in [0.2, 0.25) is 5.28 Å². The van der Waals surface area contributed by atoms with Gasteiger partial charge in [-0.25, -0.2) is 4.79 Å². The number of nitrogens with one attached hydrogen (secondary N) is 2. The minimum absolute atomic E-state index is 0.123. The van der Waals surface area contributed by atoms with Crippen LogP contribution in [0, 0.1) is 0 Å². The lowest BCUT2D eigenvalue weighted by Gasteiger charge is -2.06. The van der Waals surface area contributed by atoms with Crippen molar-refractivity contribution in [2.45, 2.75) is 77.7 Å². The van der Waals surface area contributed by atoms with E-state index in [0.717, 1.165) is 12.8 Å². The van der Waals surface area contributed by atoms with Gasteiger partial charge in [-0.3, -0.25) is 14.3 Å². The first-order valence-corrected chi connectivity index (χ1v) is 9.39. The summed E-state index contributed by atoms with van der Waals surface area (Å²) in [4.78, 5) is 32.7. The number of unbranched alkanes of at least 4 members (excludes halogenated alkanes) is 9. The van der Waals surface area contributed by atoms with Crippen LogP contribution in [-0.4, -0.2) is 19.5 Å². The van der Waals surface area contributed by atoms with Gasteiger partial charge in [-0.1, -0.05) is 64.7 Å². The Morgan fingerprint density at radius 1 is 0.917 bits per heavy atom. The molecule has 0 aliphatic rings. The average molecular weight is 355 g/mol. The molecule has 134 valence electrons. The van der Waals surface area contributed by atoms with Crippen LogP contribution >= 0.6 is 11.6 Å². The highest BCUT2D eigenvalue weighted by atomic mass is 35.5. The van der Waals surface area contributed by atoms with Crippen LogP contribution in [0.15, 0.2) is 9.59 Å². The predicted octanol–water partition coefficient (Wildman–Crippen LogP) is 3.99. The molecule has 0 aliphatic carbocycles. The summed E-state index contributed by atoms with van der Waals surface area (Å²) in [6.07, 6.45) is 12.3. The third-order valence-corrected chi connectivity index (χ3v) is 4.52. The zero-order chi connectivity index (χ0) is 17.4. The molecule has 2 aromatic heterocycles. The number of H-pyrrole nitrogens is 2. The number of imidazole rings is 1. The highest BCUT2D eigenvalue weighted by molar-refractivity contribution is 6.28. The van der Waals surface area contributed by atoms with E-state index >= 15 is 0 Å². The Balaban J connectivity index is 1.74. The van der Waals surface area contributed by atoms with Gasteiger partial charge in [0.15, 0.2) is 11.2 Å². The van der Waals surface area contributed by atoms with Crippen molar-refractivity contribution in [1.29, 1.82) is 0 Å². The summed E-state index contributed by atoms with van der Waals surface area (Å²) < 4.78 is 1.49. The highest BCUT2D eigenvalue weighted by Gasteiger charge is 2.11. The number of hydrogen-bond acceptors (Lipinski definition) is 3. The van der Waals surface area contributed by atoms with E-state index in [1.165, 1.54) is 55.9 Å². The van der Waals surface area contributed by atoms with Crippen LogP contribution in [0.2, 0.25) is 5.28 Å². The van der Waals surface area contributed by atoms with Crippen LogP contribution in [0.4, 0.5) is 0 Å². The fourth-order valence-corrected chi connectivity index (χ4v) is 3.15. The zero-order valence-corrected chi connectivity index (χ0v) is 15.1. The van der Waals surface area contributed by atoms with E-state index in [1.807, 2.05) is 0 Å². The third-order valence-electron chi connectivity index (χ3n) is 4.34. The van der Waals surface area contributed by atoms with Gasteiger partial charge in [-0.15, -0.1) is 0 Å². The van der Waals surface area contributed by atoms with Crippen molar-refractivity contribution in [3.8, 4) is 0 Å². The molecule has 0 bridgehead atoms. The van der Waals surface area contributed by atoms with Crippen LogP contribution in [0.5, 0.6) is 0 Å². The molecule has 0 saturated heterocycles. The van der Waals surface area contributed by atoms with Crippen LogP contribution in [0.25, 0.3) is 11.2 Å². The van der Waals surface area contributed by atoms with E-state index in [-0.39, 0.29) is 10.8 Å². The fraction of sp³-hybridized carbons (Fsp3) is 0.706. The van der Waals surface area contributed by atoms with Crippen molar-refractivity contribution in [3.63, 3.8) is 0 Å². The number of aromatic amines is 2. The van der Waals surface area contributed by atoms with Crippen LogP contribution in [0.3, 0.4) is 0 Å². The molecule has 0 spiro atoms. The van der Waals surface area contributed by atoms with Crippen LogP contribution < -0.4 is 11.2 Å². The molecule has 24 heavy (non-hydrogen) atoms. The van der Waals surface area contributed by atoms with Gasteiger partial charge in [0.1, 0.15) is 0 Å². The molecule has 0 saturated carbocycles. The smallest absolute Gasteiger partial charge is 0.323 e. The molecule has 0 aliphatic heterocycles. The van der Waals surface area contributed by atoms with Gasteiger partial charge in [0, 0.05) is 6.54 Å². The van der Waals surface area contributed by atoms with Gasteiger partial charge < -0.3 is 4.98 Å². The molecule has 0 unspecified atom stereocenters. The second-order valence-corrected chi connectivity index (χ2v) is 6.68. The number of rotatable bonds is 11. The Morgan fingerprint density at radius 2 is 1.50 bits per heavy atom. The minimum Gasteiger partial charge on any atom is -0.323 e. The molecule has 0 fully saturated rings. The first kappa shape index (κ1) is 18.8. The number of halogens is 1. The summed E-state index contributed by atoms with van der Waals surface area (Å²) in [6, 6.07) is 0. The first-order valence-electron chi connectivity index (χ1n) is 9.01. The van der Waals surface area contributed by atoms with Gasteiger partial charge in [0.05, 0.1) is 0 Å². The molecule has 6 nitrogen and oxygen atoms in total. The fourth-order valence-electron chi connectivity index (χ4n) is 2.98. The van der Waals surface area contributed by atoms with E-state index in [1.54, 1.807) is 0 Å². The normalized spacial score (nSPS) is 11.4. The van der Waals surface area contributed by atoms with Crippen molar-refractivity contribution in [2.75, 3.05) is 0 Å². The monoisotopic (exact) mass is 354 g/mol. The van der Waals surface area contributed by atoms with Crippen molar-refractivity contribution in [2.24, 2.45) is 0 Å². The van der Waals surface area contributed by atoms with Crippen molar-refractivity contribution in [3.05, 3.63) is 26.1 Å². The number of hydrogen-bond donors (Lipinski definition) is 2. The largest absolute Gasteiger partial charge is 0.330 e. The maximum atomic E-state index is 12.0. The molecule has 0 amide bonds. The van der Waals surface area contributed by atoms with Crippen LogP contribution in [0.1, 0.15) is 71.1 Å². The molecule has 2 rings (SSSR count). The molecular weight excluding hydrogens is 328 g/mol. The van der Waals surface area contributed by atoms with E-state index in [9.17, 15) is 9.59 Å². The van der Waals surface area contributed by atoms with Crippen molar-refractivity contribution in [1.82, 2.24) is 19.5 Å². The van der Waals surface area contributed by atoms with Gasteiger partial charge in [0.25, 0.3) is 5.56 Å². The van der Waals surface area contributed by atoms with Crippen molar-refractivity contribution < 1.29 is 0 Å². The zero-order valence-electron chi connectivity index (χ0n) is 14.4. The lowest BCUT2D eigenvalue weighted by Crippen LogP contribution is -2.30. The molecule has 0 aromatic carbocycles. The Bertz CT molecular complexity index is 747. The second-order valence-electron chi connectivity index (χ2n) is 6.32. The second kappa shape index (κ2) is 9.67. The summed E-state index contributed by atoms with van der Waals surface area (Å²) in [7, 11) is 0. The van der Waals surface area contributed by atoms with Gasteiger partial charge >= 0.3 is 5.69 Å². The number of nitrogens with zero attached hydrogens (tertiary/aromatic N) is 2. The SMILES string of the molecule is CCCCCCCCCCCCn1c(=O)[nH]c(=O)c2[nH]c(Cl)nc21. The third kappa shape index (κ3) is 5.23. The first-order chi connectivity index (χ1) is 11.6. The number of fused-ring (bicyclic) bond motifs is 1. The molecule has 2 heterocycles. The van der Waals surface area contributed by atoms with Gasteiger partial charge in [-0.05, 0) is 18.0 Å². The summed E-state index contributed by atoms with van der Waals surface area (Å²) in [5.74, 6) is 0. The van der Waals surface area contributed by atoms with Crippen LogP contribution in [-0.2, 0) is 6.54 Å². The summed E-state index contributed by atoms with van der Waals surface area (Å²) in [5, 5.41) is 0.123. The molecule has 2 aromatic rings. The maximum Gasteiger partial charge on any atom is 0.330 e. The van der Waals surface area contributed by atoms with Crippen molar-refractivity contribution >= 4 is 22.8 Å². The lowest BCUT2D eigenvalue weighted by atomic mass is 10.1. The Labute approximate surface area is 146 Å². The molecule has 0 atom stereocenters.